The zero-order chi connectivity index (χ0) is 41.5. The molecule has 0 spiro atoms. The van der Waals surface area contributed by atoms with Gasteiger partial charge in [0.25, 0.3) is 0 Å². The van der Waals surface area contributed by atoms with E-state index in [1.54, 1.807) is 4.88 Å². The van der Waals surface area contributed by atoms with Crippen LogP contribution in [0.3, 0.4) is 0 Å². The van der Waals surface area contributed by atoms with Crippen LogP contribution in [0.1, 0.15) is 103 Å². The van der Waals surface area contributed by atoms with Gasteiger partial charge < -0.3 is 4.57 Å². The lowest BCUT2D eigenvalue weighted by Crippen LogP contribution is -2.16. The lowest BCUT2D eigenvalue weighted by molar-refractivity contribution is 0.665. The number of fused-ring (bicyclic) bond motifs is 10. The molecule has 0 unspecified atom stereocenters. The molecular weight excluding hydrogens is 767 g/mol. The minimum atomic E-state index is -0.122. The Morgan fingerprint density at radius 3 is 2.15 bits per heavy atom. The van der Waals surface area contributed by atoms with E-state index in [-0.39, 0.29) is 5.41 Å². The Morgan fingerprint density at radius 2 is 1.32 bits per heavy atom. The summed E-state index contributed by atoms with van der Waals surface area (Å²) >= 11 is 2.00. The summed E-state index contributed by atoms with van der Waals surface area (Å²) in [6, 6.07) is 48.7. The minimum Gasteiger partial charge on any atom is -0.313 e. The number of aryl methyl sites for hydroxylation is 1. The second kappa shape index (κ2) is 14.7. The fourth-order valence-corrected chi connectivity index (χ4v) is 12.6. The molecule has 4 aliphatic rings. The van der Waals surface area contributed by atoms with Gasteiger partial charge in [0.2, 0.25) is 0 Å². The van der Waals surface area contributed by atoms with Crippen molar-refractivity contribution in [1.82, 2.24) is 4.57 Å². The normalized spacial score (nSPS) is 16.1. The van der Waals surface area contributed by atoms with E-state index in [2.05, 4.69) is 183 Å². The second-order valence-corrected chi connectivity index (χ2v) is 19.5. The molecule has 0 saturated heterocycles. The molecule has 6 aromatic carbocycles. The Bertz CT molecular complexity index is 3230. The lowest BCUT2D eigenvalue weighted by Gasteiger charge is -2.24. The molecule has 2 aromatic heterocycles. The highest BCUT2D eigenvalue weighted by Gasteiger charge is 2.39. The molecule has 2 heterocycles. The van der Waals surface area contributed by atoms with E-state index >= 15 is 0 Å². The molecule has 2 heteroatoms. The lowest BCUT2D eigenvalue weighted by atomic mass is 9.79. The Balaban J connectivity index is 0.986. The van der Waals surface area contributed by atoms with E-state index in [9.17, 15) is 0 Å². The summed E-state index contributed by atoms with van der Waals surface area (Å²) < 4.78 is 4.03. The number of nitrogens with zero attached hydrogens (tertiary/aromatic N) is 1. The first-order valence-electron chi connectivity index (χ1n) is 22.9. The van der Waals surface area contributed by atoms with Crippen molar-refractivity contribution in [2.75, 3.05) is 0 Å². The third kappa shape index (κ3) is 5.94. The maximum Gasteiger partial charge on any atom is 0.0538 e. The van der Waals surface area contributed by atoms with Crippen LogP contribution in [-0.4, -0.2) is 4.57 Å². The smallest absolute Gasteiger partial charge is 0.0538 e. The van der Waals surface area contributed by atoms with Gasteiger partial charge in [-0.1, -0.05) is 149 Å². The van der Waals surface area contributed by atoms with E-state index in [0.717, 1.165) is 44.9 Å². The Labute approximate surface area is 370 Å². The molecule has 0 saturated carbocycles. The number of benzene rings is 6. The van der Waals surface area contributed by atoms with Crippen molar-refractivity contribution in [2.45, 2.75) is 77.6 Å². The summed E-state index contributed by atoms with van der Waals surface area (Å²) in [7, 11) is 0. The number of hydrogen-bond acceptors (Lipinski definition) is 1. The third-order valence-corrected chi connectivity index (χ3v) is 15.6. The maximum atomic E-state index is 2.60. The van der Waals surface area contributed by atoms with Gasteiger partial charge in [0.15, 0.2) is 0 Å². The van der Waals surface area contributed by atoms with Crippen molar-refractivity contribution in [1.29, 1.82) is 0 Å². The molecule has 12 rings (SSSR count). The van der Waals surface area contributed by atoms with Gasteiger partial charge in [0.1, 0.15) is 0 Å². The van der Waals surface area contributed by atoms with Gasteiger partial charge in [-0.15, -0.1) is 11.3 Å². The topological polar surface area (TPSA) is 4.93 Å². The third-order valence-electron chi connectivity index (χ3n) is 14.4. The van der Waals surface area contributed by atoms with Crippen molar-refractivity contribution in [3.63, 3.8) is 0 Å². The monoisotopic (exact) mass is 817 g/mol. The SMILES string of the molecule is CCCC1=C(c2ccc(C3=Cc4c(n(-c5ccc6c(c5)C(C)(C)c5c-6ccc6sc7c(c56)C=CCC7)c5ccc(-c6ccc(-c7ccccc7)cc6)cc45)CC3)cc2)CCC=C1. The van der Waals surface area contributed by atoms with E-state index < -0.39 is 0 Å². The van der Waals surface area contributed by atoms with E-state index in [0.29, 0.717) is 0 Å². The first-order valence-corrected chi connectivity index (χ1v) is 23.7. The summed E-state index contributed by atoms with van der Waals surface area (Å²) in [4.78, 5) is 1.55. The fraction of sp³-hybridized carbons (Fsp3) is 0.200. The molecule has 4 aliphatic carbocycles. The summed E-state index contributed by atoms with van der Waals surface area (Å²) in [6.45, 7) is 7.21. The quantitative estimate of drug-likeness (QED) is 0.151. The highest BCUT2D eigenvalue weighted by molar-refractivity contribution is 7.19. The van der Waals surface area contributed by atoms with Crippen molar-refractivity contribution in [3.05, 3.63) is 195 Å². The van der Waals surface area contributed by atoms with Gasteiger partial charge in [-0.05, 0) is 159 Å². The summed E-state index contributed by atoms with van der Waals surface area (Å²) in [5, 5.41) is 2.80. The number of allylic oxidation sites excluding steroid dienone is 6. The standard InChI is InChI=1S/C60H51NS/c1-4-12-42-15-8-9-16-47(42)43-25-23-41(24-26-43)45-28-33-55-52(36-45)51-35-44(40-21-19-39(20-22-40)38-13-6-5-7-14-38)27-32-54(51)61(55)46-29-30-48-49-31-34-57-58(50-17-10-11-18-56(50)62-57)59(49)60(2,3)53(48)37-46/h5-8,10,13-15,17,19-27,29-32,34-37H,4,9,11-12,16,18,28,33H2,1-3H3. The summed E-state index contributed by atoms with van der Waals surface area (Å²) in [5.74, 6) is 0. The maximum absolute atomic E-state index is 2.60. The van der Waals surface area contributed by atoms with Crippen LogP contribution < -0.4 is 0 Å². The predicted octanol–water partition coefficient (Wildman–Crippen LogP) is 16.8. The first kappa shape index (κ1) is 37.5. The summed E-state index contributed by atoms with van der Waals surface area (Å²) in [5.41, 5.74) is 24.6. The fourth-order valence-electron chi connectivity index (χ4n) is 11.4. The number of hydrogen-bond donors (Lipinski definition) is 0. The highest BCUT2D eigenvalue weighted by atomic mass is 32.1. The summed E-state index contributed by atoms with van der Waals surface area (Å²) in [6.07, 6.45) is 20.9. The molecule has 0 bridgehead atoms. The van der Waals surface area contributed by atoms with E-state index in [1.165, 1.54) is 122 Å². The number of thiophene rings is 1. The zero-order valence-electron chi connectivity index (χ0n) is 36.0. The minimum absolute atomic E-state index is 0.122. The van der Waals surface area contributed by atoms with Crippen molar-refractivity contribution >= 4 is 55.6 Å². The molecule has 0 amide bonds. The molecule has 62 heavy (non-hydrogen) atoms. The van der Waals surface area contributed by atoms with Crippen LogP contribution in [0.25, 0.3) is 83.4 Å². The van der Waals surface area contributed by atoms with Gasteiger partial charge in [-0.2, -0.15) is 0 Å². The van der Waals surface area contributed by atoms with Crippen LogP contribution in [0.2, 0.25) is 0 Å². The highest BCUT2D eigenvalue weighted by Crippen LogP contribution is 2.55. The van der Waals surface area contributed by atoms with Crippen LogP contribution >= 0.6 is 11.3 Å². The van der Waals surface area contributed by atoms with Crippen LogP contribution in [0.15, 0.2) is 151 Å². The van der Waals surface area contributed by atoms with Crippen molar-refractivity contribution in [2.24, 2.45) is 0 Å². The Hall–Kier alpha value is -6.22. The molecule has 0 fully saturated rings. The van der Waals surface area contributed by atoms with Crippen LogP contribution in [0.5, 0.6) is 0 Å². The average Bonchev–Trinajstić information content (AvgIpc) is 3.94. The molecule has 0 aliphatic heterocycles. The molecular formula is C60H51NS. The molecule has 0 N–H and O–H groups in total. The number of aromatic nitrogens is 1. The van der Waals surface area contributed by atoms with E-state index in [4.69, 9.17) is 0 Å². The van der Waals surface area contributed by atoms with E-state index in [1.807, 2.05) is 11.3 Å². The van der Waals surface area contributed by atoms with Gasteiger partial charge in [-0.3, -0.25) is 0 Å². The van der Waals surface area contributed by atoms with Crippen molar-refractivity contribution < 1.29 is 0 Å². The zero-order valence-corrected chi connectivity index (χ0v) is 36.8. The molecule has 0 radical (unpaired) electrons. The van der Waals surface area contributed by atoms with Crippen LogP contribution in [-0.2, 0) is 18.3 Å². The van der Waals surface area contributed by atoms with Crippen molar-refractivity contribution in [3.8, 4) is 39.1 Å². The molecule has 0 atom stereocenters. The second-order valence-electron chi connectivity index (χ2n) is 18.4. The van der Waals surface area contributed by atoms with Crippen LogP contribution in [0.4, 0.5) is 0 Å². The van der Waals surface area contributed by atoms with Gasteiger partial charge in [0.05, 0.1) is 5.52 Å². The Kier molecular flexibility index (Phi) is 8.91. The largest absolute Gasteiger partial charge is 0.313 e. The first-order chi connectivity index (χ1) is 30.4. The molecule has 8 aromatic rings. The Morgan fingerprint density at radius 1 is 0.613 bits per heavy atom. The number of rotatable bonds is 7. The predicted molar refractivity (Wildman–Crippen MR) is 267 cm³/mol. The van der Waals surface area contributed by atoms with Crippen LogP contribution in [0, 0.1) is 0 Å². The van der Waals surface area contributed by atoms with Gasteiger partial charge in [0, 0.05) is 42.7 Å². The molecule has 1 nitrogen and oxygen atoms in total. The van der Waals surface area contributed by atoms with Gasteiger partial charge in [-0.25, -0.2) is 0 Å². The van der Waals surface area contributed by atoms with Gasteiger partial charge >= 0.3 is 0 Å². The molecule has 302 valence electrons. The average molecular weight is 818 g/mol.